The summed E-state index contributed by atoms with van der Waals surface area (Å²) in [6, 6.07) is 15.8. The van der Waals surface area contributed by atoms with Crippen LogP contribution in [-0.2, 0) is 14.6 Å². The van der Waals surface area contributed by atoms with E-state index in [1.807, 2.05) is 24.3 Å². The van der Waals surface area contributed by atoms with Gasteiger partial charge in [0.1, 0.15) is 5.75 Å². The molecule has 0 amide bonds. The Kier molecular flexibility index (Phi) is 4.38. The van der Waals surface area contributed by atoms with Crippen molar-refractivity contribution in [2.45, 2.75) is 21.6 Å². The highest BCUT2D eigenvalue weighted by molar-refractivity contribution is 7.92. The van der Waals surface area contributed by atoms with Gasteiger partial charge in [-0.2, -0.15) is 0 Å². The van der Waals surface area contributed by atoms with Crippen LogP contribution in [0.5, 0.6) is 5.75 Å². The van der Waals surface area contributed by atoms with Crippen molar-refractivity contribution in [2.75, 3.05) is 20.8 Å². The summed E-state index contributed by atoms with van der Waals surface area (Å²) in [5.74, 6) is 0.407. The fourth-order valence-corrected chi connectivity index (χ4v) is 5.68. The van der Waals surface area contributed by atoms with Crippen molar-refractivity contribution in [3.63, 3.8) is 0 Å². The van der Waals surface area contributed by atoms with Crippen LogP contribution >= 0.6 is 0 Å². The molecule has 6 heteroatoms. The molecule has 3 rings (SSSR count). The number of sulfone groups is 1. The van der Waals surface area contributed by atoms with Gasteiger partial charge >= 0.3 is 0 Å². The van der Waals surface area contributed by atoms with Gasteiger partial charge in [-0.15, -0.1) is 0 Å². The van der Waals surface area contributed by atoms with Gasteiger partial charge in [0.15, 0.2) is 9.84 Å². The van der Waals surface area contributed by atoms with Gasteiger partial charge in [0.2, 0.25) is 0 Å². The summed E-state index contributed by atoms with van der Waals surface area (Å²) < 4.78 is 36.4. The maximum Gasteiger partial charge on any atom is 0.183 e. The topological polar surface area (TPSA) is 78.6 Å². The zero-order valence-electron chi connectivity index (χ0n) is 13.7. The fourth-order valence-electron chi connectivity index (χ4n) is 3.37. The minimum atomic E-state index is -3.54. The summed E-state index contributed by atoms with van der Waals surface area (Å²) in [5.41, 5.74) is 6.38. The zero-order valence-corrected chi connectivity index (χ0v) is 14.5. The molecule has 0 radical (unpaired) electrons. The summed E-state index contributed by atoms with van der Waals surface area (Å²) in [6.07, 6.45) is 0. The lowest BCUT2D eigenvalue weighted by Crippen LogP contribution is -2.35. The molecule has 1 saturated carbocycles. The molecule has 2 aromatic rings. The molecule has 0 aromatic heterocycles. The molecule has 0 aliphatic heterocycles. The molecule has 2 aromatic carbocycles. The number of hydrogen-bond donors (Lipinski definition) is 1. The third kappa shape index (κ3) is 2.70. The second kappa shape index (κ2) is 6.20. The zero-order chi connectivity index (χ0) is 17.4. The second-order valence-electron chi connectivity index (χ2n) is 6.07. The van der Waals surface area contributed by atoms with Crippen molar-refractivity contribution < 1.29 is 17.9 Å². The van der Waals surface area contributed by atoms with Crippen LogP contribution in [0.15, 0.2) is 59.5 Å². The van der Waals surface area contributed by atoms with Gasteiger partial charge in [0.05, 0.1) is 29.4 Å². The van der Waals surface area contributed by atoms with Crippen LogP contribution in [0.1, 0.15) is 11.5 Å². The minimum Gasteiger partial charge on any atom is -0.497 e. The second-order valence-corrected chi connectivity index (χ2v) is 8.14. The Morgan fingerprint density at radius 1 is 1.04 bits per heavy atom. The van der Waals surface area contributed by atoms with Gasteiger partial charge in [0.25, 0.3) is 0 Å². The first-order chi connectivity index (χ1) is 11.4. The molecule has 0 unspecified atom stereocenters. The highest BCUT2D eigenvalue weighted by Gasteiger charge is 2.69. The molecule has 0 bridgehead atoms. The van der Waals surface area contributed by atoms with E-state index in [1.165, 1.54) is 7.11 Å². The molecular weight excluding hydrogens is 326 g/mol. The Labute approximate surface area is 142 Å². The van der Waals surface area contributed by atoms with Gasteiger partial charge in [-0.25, -0.2) is 8.42 Å². The number of rotatable bonds is 6. The molecule has 0 heterocycles. The number of hydrogen-bond acceptors (Lipinski definition) is 5. The summed E-state index contributed by atoms with van der Waals surface area (Å²) in [4.78, 5) is 0.289. The third-order valence-electron chi connectivity index (χ3n) is 4.58. The molecule has 1 aliphatic carbocycles. The van der Waals surface area contributed by atoms with Gasteiger partial charge in [0, 0.05) is 13.0 Å². The van der Waals surface area contributed by atoms with Crippen LogP contribution in [0.4, 0.5) is 0 Å². The molecule has 3 atom stereocenters. The number of nitrogens with two attached hydrogens (primary N) is 1. The quantitative estimate of drug-likeness (QED) is 0.864. The Morgan fingerprint density at radius 3 is 2.21 bits per heavy atom. The van der Waals surface area contributed by atoms with Crippen LogP contribution in [0.25, 0.3) is 0 Å². The average molecular weight is 347 g/mol. The molecule has 1 aliphatic rings. The first-order valence-corrected chi connectivity index (χ1v) is 9.20. The van der Waals surface area contributed by atoms with Crippen molar-refractivity contribution in [1.82, 2.24) is 0 Å². The SMILES string of the molecule is COC[C@@]1(N)[C@H](c2ccc(OC)cc2)[C@@H]1S(=O)(=O)c1ccccc1. The lowest BCUT2D eigenvalue weighted by Gasteiger charge is -2.11. The van der Waals surface area contributed by atoms with E-state index in [0.717, 1.165) is 11.3 Å². The number of benzene rings is 2. The normalized spacial score (nSPS) is 26.1. The van der Waals surface area contributed by atoms with E-state index in [4.69, 9.17) is 15.2 Å². The molecule has 0 saturated heterocycles. The van der Waals surface area contributed by atoms with Crippen molar-refractivity contribution in [2.24, 2.45) is 5.73 Å². The van der Waals surface area contributed by atoms with E-state index in [2.05, 4.69) is 0 Å². The van der Waals surface area contributed by atoms with Crippen LogP contribution < -0.4 is 10.5 Å². The highest BCUT2D eigenvalue weighted by Crippen LogP contribution is 2.55. The van der Waals surface area contributed by atoms with Gasteiger partial charge < -0.3 is 15.2 Å². The maximum absolute atomic E-state index is 13.0. The molecule has 0 spiro atoms. The largest absolute Gasteiger partial charge is 0.497 e. The van der Waals surface area contributed by atoms with Crippen LogP contribution in [0.2, 0.25) is 0 Å². The molecule has 128 valence electrons. The van der Waals surface area contributed by atoms with E-state index in [-0.39, 0.29) is 17.4 Å². The van der Waals surface area contributed by atoms with Crippen molar-refractivity contribution in [1.29, 1.82) is 0 Å². The predicted molar refractivity (Wildman–Crippen MR) is 91.9 cm³/mol. The van der Waals surface area contributed by atoms with Crippen molar-refractivity contribution >= 4 is 9.84 Å². The highest BCUT2D eigenvalue weighted by atomic mass is 32.2. The Balaban J connectivity index is 1.99. The monoisotopic (exact) mass is 347 g/mol. The van der Waals surface area contributed by atoms with E-state index in [1.54, 1.807) is 37.4 Å². The summed E-state index contributed by atoms with van der Waals surface area (Å²) >= 11 is 0. The fraction of sp³-hybridized carbons (Fsp3) is 0.333. The molecule has 2 N–H and O–H groups in total. The summed E-state index contributed by atoms with van der Waals surface area (Å²) in [7, 11) is -0.423. The number of methoxy groups -OCH3 is 2. The van der Waals surface area contributed by atoms with Gasteiger partial charge in [-0.3, -0.25) is 0 Å². The summed E-state index contributed by atoms with van der Waals surface area (Å²) in [6.45, 7) is 0.181. The van der Waals surface area contributed by atoms with E-state index in [9.17, 15) is 8.42 Å². The lowest BCUT2D eigenvalue weighted by atomic mass is 10.1. The van der Waals surface area contributed by atoms with Gasteiger partial charge in [-0.1, -0.05) is 30.3 Å². The molecule has 24 heavy (non-hydrogen) atoms. The van der Waals surface area contributed by atoms with E-state index in [0.29, 0.717) is 0 Å². The minimum absolute atomic E-state index is 0.181. The molecular formula is C18H21NO4S. The first-order valence-electron chi connectivity index (χ1n) is 7.66. The predicted octanol–water partition coefficient (Wildman–Crippen LogP) is 1.98. The van der Waals surface area contributed by atoms with E-state index < -0.39 is 20.6 Å². The smallest absolute Gasteiger partial charge is 0.183 e. The standard InChI is InChI=1S/C18H21NO4S/c1-22-12-18(19)16(13-8-10-14(23-2)11-9-13)17(18)24(20,21)15-6-4-3-5-7-15/h3-11,16-17H,12,19H2,1-2H3/t16-,17+,18-/m1/s1. The van der Waals surface area contributed by atoms with Gasteiger partial charge in [-0.05, 0) is 29.8 Å². The molecule has 5 nitrogen and oxygen atoms in total. The average Bonchev–Trinajstić information content (AvgIpc) is 3.22. The van der Waals surface area contributed by atoms with E-state index >= 15 is 0 Å². The Bertz CT molecular complexity index is 805. The summed E-state index contributed by atoms with van der Waals surface area (Å²) in [5, 5.41) is -0.708. The van der Waals surface area contributed by atoms with Crippen molar-refractivity contribution in [3.05, 3.63) is 60.2 Å². The Morgan fingerprint density at radius 2 is 1.67 bits per heavy atom. The van der Waals surface area contributed by atoms with Crippen LogP contribution in [0, 0.1) is 0 Å². The Hall–Kier alpha value is -1.89. The number of ether oxygens (including phenoxy) is 2. The third-order valence-corrected chi connectivity index (χ3v) is 6.89. The lowest BCUT2D eigenvalue weighted by molar-refractivity contribution is 0.171. The first kappa shape index (κ1) is 17.0. The van der Waals surface area contributed by atoms with Crippen LogP contribution in [-0.4, -0.2) is 40.0 Å². The van der Waals surface area contributed by atoms with Crippen LogP contribution in [0.3, 0.4) is 0 Å². The van der Waals surface area contributed by atoms with Crippen molar-refractivity contribution in [3.8, 4) is 5.75 Å². The maximum atomic E-state index is 13.0. The molecule has 1 fully saturated rings.